The van der Waals surface area contributed by atoms with Gasteiger partial charge in [-0.15, -0.1) is 0 Å². The highest BCUT2D eigenvalue weighted by Crippen LogP contribution is 2.24. The molecule has 0 unspecified atom stereocenters. The van der Waals surface area contributed by atoms with Gasteiger partial charge in [0.1, 0.15) is 17.1 Å². The molecule has 0 bridgehead atoms. The number of nitrogens with zero attached hydrogens (tertiary/aromatic N) is 1. The summed E-state index contributed by atoms with van der Waals surface area (Å²) in [6.07, 6.45) is 0. The van der Waals surface area contributed by atoms with E-state index in [2.05, 4.69) is 23.8 Å². The summed E-state index contributed by atoms with van der Waals surface area (Å²) in [6, 6.07) is 5.90. The van der Waals surface area contributed by atoms with Crippen molar-refractivity contribution in [2.75, 3.05) is 7.11 Å². The van der Waals surface area contributed by atoms with Crippen molar-refractivity contribution in [2.45, 2.75) is 33.6 Å². The van der Waals surface area contributed by atoms with Gasteiger partial charge in [-0.25, -0.2) is 4.98 Å². The van der Waals surface area contributed by atoms with Crippen LogP contribution < -0.4 is 4.74 Å². The molecule has 0 aliphatic rings. The lowest BCUT2D eigenvalue weighted by Gasteiger charge is -1.98. The van der Waals surface area contributed by atoms with Gasteiger partial charge in [0.25, 0.3) is 0 Å². The monoisotopic (exact) mass is 220 g/mol. The summed E-state index contributed by atoms with van der Waals surface area (Å²) in [4.78, 5) is 7.78. The molecule has 1 aromatic carbocycles. The second-order valence-electron chi connectivity index (χ2n) is 3.63. The van der Waals surface area contributed by atoms with Crippen molar-refractivity contribution in [3.63, 3.8) is 0 Å². The van der Waals surface area contributed by atoms with Gasteiger partial charge in [0.15, 0.2) is 0 Å². The number of aromatic nitrogens is 2. The minimum Gasteiger partial charge on any atom is -0.494 e. The van der Waals surface area contributed by atoms with E-state index < -0.39 is 0 Å². The van der Waals surface area contributed by atoms with Crippen molar-refractivity contribution in [3.8, 4) is 5.75 Å². The third-order valence-corrected chi connectivity index (χ3v) is 2.26. The third kappa shape index (κ3) is 2.35. The SMILES string of the molecule is CC.COc1cccc2[nH]c(C(C)C)nc12. The van der Waals surface area contributed by atoms with Crippen LogP contribution >= 0.6 is 0 Å². The number of para-hydroxylation sites is 1. The fourth-order valence-electron chi connectivity index (χ4n) is 1.46. The van der Waals surface area contributed by atoms with Crippen LogP contribution in [0.15, 0.2) is 18.2 Å². The lowest BCUT2D eigenvalue weighted by Crippen LogP contribution is -1.88. The standard InChI is InChI=1S/C11H14N2O.C2H6/c1-7(2)11-12-8-5-4-6-9(14-3)10(8)13-11;1-2/h4-7H,1-3H3,(H,12,13);1-2H3. The van der Waals surface area contributed by atoms with E-state index in [1.807, 2.05) is 32.0 Å². The molecule has 0 aliphatic carbocycles. The Morgan fingerprint density at radius 2 is 1.94 bits per heavy atom. The molecule has 0 atom stereocenters. The van der Waals surface area contributed by atoms with Gasteiger partial charge in [0, 0.05) is 5.92 Å². The molecule has 3 heteroatoms. The van der Waals surface area contributed by atoms with Crippen LogP contribution in [0.4, 0.5) is 0 Å². The van der Waals surface area contributed by atoms with E-state index in [0.29, 0.717) is 5.92 Å². The van der Waals surface area contributed by atoms with Crippen LogP contribution in [0.1, 0.15) is 39.4 Å². The number of nitrogens with one attached hydrogen (secondary N) is 1. The second kappa shape index (κ2) is 5.54. The Kier molecular flexibility index (Phi) is 4.35. The van der Waals surface area contributed by atoms with E-state index in [-0.39, 0.29) is 0 Å². The molecular formula is C13H20N2O. The van der Waals surface area contributed by atoms with Crippen LogP contribution in [-0.2, 0) is 0 Å². The smallest absolute Gasteiger partial charge is 0.146 e. The van der Waals surface area contributed by atoms with Crippen molar-refractivity contribution in [1.82, 2.24) is 9.97 Å². The predicted octanol–water partition coefficient (Wildman–Crippen LogP) is 3.72. The van der Waals surface area contributed by atoms with Crippen molar-refractivity contribution < 1.29 is 4.74 Å². The van der Waals surface area contributed by atoms with Gasteiger partial charge in [-0.3, -0.25) is 0 Å². The number of H-pyrrole nitrogens is 1. The highest BCUT2D eigenvalue weighted by molar-refractivity contribution is 5.81. The minimum absolute atomic E-state index is 0.409. The highest BCUT2D eigenvalue weighted by atomic mass is 16.5. The molecule has 88 valence electrons. The van der Waals surface area contributed by atoms with Crippen LogP contribution in [0.5, 0.6) is 5.75 Å². The molecule has 0 radical (unpaired) electrons. The largest absolute Gasteiger partial charge is 0.494 e. The zero-order chi connectivity index (χ0) is 12.1. The maximum Gasteiger partial charge on any atom is 0.146 e. The number of aromatic amines is 1. The Morgan fingerprint density at radius 3 is 2.50 bits per heavy atom. The number of rotatable bonds is 2. The van der Waals surface area contributed by atoms with Crippen molar-refractivity contribution >= 4 is 11.0 Å². The average molecular weight is 220 g/mol. The third-order valence-electron chi connectivity index (χ3n) is 2.26. The maximum atomic E-state index is 5.24. The molecule has 2 aromatic rings. The number of hydrogen-bond acceptors (Lipinski definition) is 2. The van der Waals surface area contributed by atoms with E-state index in [1.165, 1.54) is 0 Å². The van der Waals surface area contributed by atoms with Crippen molar-refractivity contribution in [2.24, 2.45) is 0 Å². The summed E-state index contributed by atoms with van der Waals surface area (Å²) >= 11 is 0. The Hall–Kier alpha value is -1.51. The lowest BCUT2D eigenvalue weighted by molar-refractivity contribution is 0.419. The van der Waals surface area contributed by atoms with Gasteiger partial charge in [-0.2, -0.15) is 0 Å². The molecular weight excluding hydrogens is 200 g/mol. The van der Waals surface area contributed by atoms with E-state index in [4.69, 9.17) is 4.74 Å². The van der Waals surface area contributed by atoms with Gasteiger partial charge in [0.05, 0.1) is 12.6 Å². The summed E-state index contributed by atoms with van der Waals surface area (Å²) < 4.78 is 5.24. The first kappa shape index (κ1) is 12.6. The second-order valence-corrected chi connectivity index (χ2v) is 3.63. The molecule has 16 heavy (non-hydrogen) atoms. The number of imidazole rings is 1. The Labute approximate surface area is 96.9 Å². The fourth-order valence-corrected chi connectivity index (χ4v) is 1.46. The maximum absolute atomic E-state index is 5.24. The summed E-state index contributed by atoms with van der Waals surface area (Å²) in [5.41, 5.74) is 1.95. The predicted molar refractivity (Wildman–Crippen MR) is 68.1 cm³/mol. The Bertz CT molecular complexity index is 446. The molecule has 1 N–H and O–H groups in total. The molecule has 0 saturated heterocycles. The van der Waals surface area contributed by atoms with E-state index in [1.54, 1.807) is 7.11 Å². The molecule has 1 aromatic heterocycles. The van der Waals surface area contributed by atoms with Gasteiger partial charge < -0.3 is 9.72 Å². The Morgan fingerprint density at radius 1 is 1.25 bits per heavy atom. The number of hydrogen-bond donors (Lipinski definition) is 1. The fraction of sp³-hybridized carbons (Fsp3) is 0.462. The number of benzene rings is 1. The summed E-state index contributed by atoms with van der Waals surface area (Å²) in [5.74, 6) is 2.24. The van der Waals surface area contributed by atoms with Gasteiger partial charge in [-0.05, 0) is 12.1 Å². The quantitative estimate of drug-likeness (QED) is 0.837. The minimum atomic E-state index is 0.409. The molecule has 3 nitrogen and oxygen atoms in total. The number of fused-ring (bicyclic) bond motifs is 1. The summed E-state index contributed by atoms with van der Waals surface area (Å²) in [6.45, 7) is 8.23. The average Bonchev–Trinajstić information content (AvgIpc) is 2.75. The molecule has 0 fully saturated rings. The van der Waals surface area contributed by atoms with Crippen LogP contribution in [0.2, 0.25) is 0 Å². The molecule has 0 spiro atoms. The zero-order valence-electron chi connectivity index (χ0n) is 10.7. The molecule has 0 amide bonds. The van der Waals surface area contributed by atoms with Crippen LogP contribution in [0.3, 0.4) is 0 Å². The highest BCUT2D eigenvalue weighted by Gasteiger charge is 2.09. The lowest BCUT2D eigenvalue weighted by atomic mass is 10.2. The van der Waals surface area contributed by atoms with Gasteiger partial charge in [-0.1, -0.05) is 33.8 Å². The number of methoxy groups -OCH3 is 1. The zero-order valence-corrected chi connectivity index (χ0v) is 10.7. The Balaban J connectivity index is 0.000000606. The summed E-state index contributed by atoms with van der Waals surface area (Å²) in [7, 11) is 1.67. The first-order chi connectivity index (χ1) is 7.72. The normalized spacial score (nSPS) is 10.1. The topological polar surface area (TPSA) is 37.9 Å². The van der Waals surface area contributed by atoms with Gasteiger partial charge >= 0.3 is 0 Å². The van der Waals surface area contributed by atoms with Crippen molar-refractivity contribution in [1.29, 1.82) is 0 Å². The first-order valence-electron chi connectivity index (χ1n) is 5.75. The van der Waals surface area contributed by atoms with E-state index in [0.717, 1.165) is 22.6 Å². The van der Waals surface area contributed by atoms with E-state index >= 15 is 0 Å². The van der Waals surface area contributed by atoms with Crippen molar-refractivity contribution in [3.05, 3.63) is 24.0 Å². The molecule has 2 rings (SSSR count). The van der Waals surface area contributed by atoms with Crippen LogP contribution in [0, 0.1) is 0 Å². The number of ether oxygens (including phenoxy) is 1. The van der Waals surface area contributed by atoms with E-state index in [9.17, 15) is 0 Å². The van der Waals surface area contributed by atoms with Crippen LogP contribution in [-0.4, -0.2) is 17.1 Å². The first-order valence-corrected chi connectivity index (χ1v) is 5.75. The molecule has 0 aliphatic heterocycles. The molecule has 0 saturated carbocycles. The van der Waals surface area contributed by atoms with Crippen LogP contribution in [0.25, 0.3) is 11.0 Å². The molecule has 1 heterocycles. The summed E-state index contributed by atoms with van der Waals surface area (Å²) in [5, 5.41) is 0. The van der Waals surface area contributed by atoms with Gasteiger partial charge in [0.2, 0.25) is 0 Å².